The highest BCUT2D eigenvalue weighted by atomic mass is 79.9. The molecular formula is C17H17BrN2O. The van der Waals surface area contributed by atoms with Crippen LogP contribution >= 0.6 is 15.9 Å². The van der Waals surface area contributed by atoms with Gasteiger partial charge in [0.05, 0.1) is 5.54 Å². The Morgan fingerprint density at radius 1 is 1.14 bits per heavy atom. The van der Waals surface area contributed by atoms with Crippen LogP contribution in [0.5, 0.6) is 0 Å². The molecular weight excluding hydrogens is 328 g/mol. The molecule has 0 aliphatic heterocycles. The van der Waals surface area contributed by atoms with Gasteiger partial charge in [-0.25, -0.2) is 4.79 Å². The summed E-state index contributed by atoms with van der Waals surface area (Å²) in [7, 11) is 0. The van der Waals surface area contributed by atoms with Gasteiger partial charge in [-0.05, 0) is 49.1 Å². The van der Waals surface area contributed by atoms with Crippen molar-refractivity contribution >= 4 is 27.6 Å². The third-order valence-corrected chi connectivity index (χ3v) is 4.37. The zero-order chi connectivity index (χ0) is 14.9. The van der Waals surface area contributed by atoms with E-state index in [2.05, 4.69) is 38.7 Å². The van der Waals surface area contributed by atoms with E-state index in [1.165, 1.54) is 0 Å². The van der Waals surface area contributed by atoms with Crippen LogP contribution in [0.4, 0.5) is 10.5 Å². The molecule has 0 atom stereocenters. The number of carbonyl (C=O) groups is 1. The lowest BCUT2D eigenvalue weighted by molar-refractivity contribution is 0.247. The summed E-state index contributed by atoms with van der Waals surface area (Å²) in [6.07, 6.45) is 1.95. The average molecular weight is 345 g/mol. The van der Waals surface area contributed by atoms with E-state index in [-0.39, 0.29) is 11.6 Å². The molecule has 4 heteroatoms. The largest absolute Gasteiger partial charge is 0.328 e. The van der Waals surface area contributed by atoms with E-state index in [4.69, 9.17) is 0 Å². The van der Waals surface area contributed by atoms with E-state index in [0.717, 1.165) is 34.1 Å². The van der Waals surface area contributed by atoms with Crippen molar-refractivity contribution in [2.45, 2.75) is 25.3 Å². The van der Waals surface area contributed by atoms with Crippen molar-refractivity contribution < 1.29 is 4.79 Å². The number of nitrogens with one attached hydrogen (secondary N) is 2. The van der Waals surface area contributed by atoms with Crippen LogP contribution < -0.4 is 10.6 Å². The van der Waals surface area contributed by atoms with Gasteiger partial charge in [0.15, 0.2) is 0 Å². The summed E-state index contributed by atoms with van der Waals surface area (Å²) < 4.78 is 1.03. The zero-order valence-electron chi connectivity index (χ0n) is 11.8. The molecule has 0 saturated heterocycles. The molecule has 108 valence electrons. The molecule has 2 N–H and O–H groups in total. The van der Waals surface area contributed by atoms with Crippen molar-refractivity contribution in [2.24, 2.45) is 0 Å². The Bertz CT molecular complexity index is 680. The van der Waals surface area contributed by atoms with Gasteiger partial charge in [-0.15, -0.1) is 0 Å². The molecule has 2 aromatic rings. The minimum atomic E-state index is -0.212. The maximum Gasteiger partial charge on any atom is 0.319 e. The lowest BCUT2D eigenvalue weighted by atomic mass is 10.1. The topological polar surface area (TPSA) is 41.1 Å². The lowest BCUT2D eigenvalue weighted by Gasteiger charge is -2.19. The molecule has 0 spiro atoms. The van der Waals surface area contributed by atoms with Crippen molar-refractivity contribution in [3.63, 3.8) is 0 Å². The predicted octanol–water partition coefficient (Wildman–Crippen LogP) is 4.57. The number of hydrogen-bond acceptors (Lipinski definition) is 1. The number of benzene rings is 2. The molecule has 0 heterocycles. The van der Waals surface area contributed by atoms with E-state index < -0.39 is 0 Å². The van der Waals surface area contributed by atoms with Crippen molar-refractivity contribution in [1.82, 2.24) is 5.32 Å². The number of hydrogen-bond donors (Lipinski definition) is 2. The molecule has 21 heavy (non-hydrogen) atoms. The normalized spacial score (nSPS) is 15.3. The summed E-state index contributed by atoms with van der Waals surface area (Å²) >= 11 is 3.48. The minimum Gasteiger partial charge on any atom is -0.328 e. The van der Waals surface area contributed by atoms with Crippen LogP contribution in [0.1, 0.15) is 24.0 Å². The first-order valence-electron chi connectivity index (χ1n) is 7.00. The zero-order valence-corrected chi connectivity index (χ0v) is 13.4. The Morgan fingerprint density at radius 3 is 2.57 bits per heavy atom. The summed E-state index contributed by atoms with van der Waals surface area (Å²) in [6, 6.07) is 15.7. The summed E-state index contributed by atoms with van der Waals surface area (Å²) in [6.45, 7) is 1.98. The Balaban J connectivity index is 1.72. The third-order valence-electron chi connectivity index (χ3n) is 3.87. The van der Waals surface area contributed by atoms with Crippen LogP contribution in [0.15, 0.2) is 53.0 Å². The van der Waals surface area contributed by atoms with Gasteiger partial charge in [-0.2, -0.15) is 0 Å². The summed E-state index contributed by atoms with van der Waals surface area (Å²) in [5, 5.41) is 6.04. The van der Waals surface area contributed by atoms with Gasteiger partial charge in [-0.3, -0.25) is 0 Å². The lowest BCUT2D eigenvalue weighted by Crippen LogP contribution is -2.38. The first-order valence-corrected chi connectivity index (χ1v) is 7.79. The molecule has 2 amide bonds. The molecule has 2 aromatic carbocycles. The van der Waals surface area contributed by atoms with E-state index in [0.29, 0.717) is 0 Å². The molecule has 3 nitrogen and oxygen atoms in total. The molecule has 0 unspecified atom stereocenters. The molecule has 1 aliphatic carbocycles. The smallest absolute Gasteiger partial charge is 0.319 e. The van der Waals surface area contributed by atoms with Gasteiger partial charge in [0.1, 0.15) is 0 Å². The van der Waals surface area contributed by atoms with E-state index >= 15 is 0 Å². The predicted molar refractivity (Wildman–Crippen MR) is 88.4 cm³/mol. The SMILES string of the molecule is Cc1ccccc1NC(=O)NC1(c2cccc(Br)c2)CC1. The highest BCUT2D eigenvalue weighted by Crippen LogP contribution is 2.46. The van der Waals surface area contributed by atoms with E-state index in [9.17, 15) is 4.79 Å². The second-order valence-corrected chi connectivity index (χ2v) is 6.40. The molecule has 0 radical (unpaired) electrons. The summed E-state index contributed by atoms with van der Waals surface area (Å²) in [5.41, 5.74) is 2.84. The number of carbonyl (C=O) groups excluding carboxylic acids is 1. The maximum atomic E-state index is 12.2. The van der Waals surface area contributed by atoms with Crippen LogP contribution in [-0.4, -0.2) is 6.03 Å². The van der Waals surface area contributed by atoms with Gasteiger partial charge in [-0.1, -0.05) is 46.3 Å². The van der Waals surface area contributed by atoms with Crippen LogP contribution in [0.25, 0.3) is 0 Å². The van der Waals surface area contributed by atoms with Crippen LogP contribution in [-0.2, 0) is 5.54 Å². The van der Waals surface area contributed by atoms with Crippen LogP contribution in [0, 0.1) is 6.92 Å². The second kappa shape index (κ2) is 5.53. The van der Waals surface area contributed by atoms with Gasteiger partial charge >= 0.3 is 6.03 Å². The summed E-state index contributed by atoms with van der Waals surface area (Å²) in [5.74, 6) is 0. The second-order valence-electron chi connectivity index (χ2n) is 5.49. The number of anilines is 1. The van der Waals surface area contributed by atoms with Crippen molar-refractivity contribution in [3.05, 3.63) is 64.1 Å². The first kappa shape index (κ1) is 14.1. The van der Waals surface area contributed by atoms with Crippen molar-refractivity contribution in [2.75, 3.05) is 5.32 Å². The van der Waals surface area contributed by atoms with Gasteiger partial charge < -0.3 is 10.6 Å². The van der Waals surface area contributed by atoms with Crippen LogP contribution in [0.2, 0.25) is 0 Å². The molecule has 1 fully saturated rings. The fraction of sp³-hybridized carbons (Fsp3) is 0.235. The average Bonchev–Trinajstić information content (AvgIpc) is 3.22. The Labute approximate surface area is 132 Å². The van der Waals surface area contributed by atoms with Crippen molar-refractivity contribution in [1.29, 1.82) is 0 Å². The standard InChI is InChI=1S/C17H17BrN2O/c1-12-5-2-3-8-15(12)19-16(21)20-17(9-10-17)13-6-4-7-14(18)11-13/h2-8,11H,9-10H2,1H3,(H2,19,20,21). The maximum absolute atomic E-state index is 12.2. The number of aryl methyl sites for hydroxylation is 1. The van der Waals surface area contributed by atoms with Gasteiger partial charge in [0.25, 0.3) is 0 Å². The highest BCUT2D eigenvalue weighted by Gasteiger charge is 2.45. The fourth-order valence-corrected chi connectivity index (χ4v) is 2.88. The third kappa shape index (κ3) is 3.10. The number of para-hydroxylation sites is 1. The molecule has 1 saturated carbocycles. The molecule has 1 aliphatic rings. The minimum absolute atomic E-state index is 0.151. The molecule has 3 rings (SSSR count). The first-order chi connectivity index (χ1) is 10.1. The number of halogens is 1. The van der Waals surface area contributed by atoms with Gasteiger partial charge in [0.2, 0.25) is 0 Å². The highest BCUT2D eigenvalue weighted by molar-refractivity contribution is 9.10. The quantitative estimate of drug-likeness (QED) is 0.841. The fourth-order valence-electron chi connectivity index (χ4n) is 2.48. The van der Waals surface area contributed by atoms with Gasteiger partial charge in [0, 0.05) is 10.2 Å². The number of rotatable bonds is 3. The van der Waals surface area contributed by atoms with Crippen LogP contribution in [0.3, 0.4) is 0 Å². The molecule has 0 aromatic heterocycles. The molecule has 0 bridgehead atoms. The number of urea groups is 1. The Morgan fingerprint density at radius 2 is 1.90 bits per heavy atom. The monoisotopic (exact) mass is 344 g/mol. The van der Waals surface area contributed by atoms with Crippen molar-refractivity contribution in [3.8, 4) is 0 Å². The van der Waals surface area contributed by atoms with E-state index in [1.807, 2.05) is 43.3 Å². The Hall–Kier alpha value is -1.81. The summed E-state index contributed by atoms with van der Waals surface area (Å²) in [4.78, 5) is 12.2. The Kier molecular flexibility index (Phi) is 3.72. The number of amides is 2. The van der Waals surface area contributed by atoms with E-state index in [1.54, 1.807) is 0 Å².